The zero-order valence-electron chi connectivity index (χ0n) is 10.7. The Balaban J connectivity index is 0.000000956. The fourth-order valence-corrected chi connectivity index (χ4v) is 1.56. The number of rotatable bonds is 3. The van der Waals surface area contributed by atoms with E-state index in [1.54, 1.807) is 48.7 Å². The number of carbonyl (C=O) groups is 1. The van der Waals surface area contributed by atoms with E-state index in [0.717, 1.165) is 17.4 Å². The molecule has 0 saturated carbocycles. The van der Waals surface area contributed by atoms with Crippen molar-refractivity contribution in [1.82, 2.24) is 0 Å². The van der Waals surface area contributed by atoms with Crippen LogP contribution in [0.3, 0.4) is 0 Å². The third-order valence-corrected chi connectivity index (χ3v) is 2.52. The summed E-state index contributed by atoms with van der Waals surface area (Å²) in [6.45, 7) is 0. The number of para-hydroxylation sites is 2. The second-order valence-corrected chi connectivity index (χ2v) is 3.68. The number of phenols is 1. The summed E-state index contributed by atoms with van der Waals surface area (Å²) in [5.41, 5.74) is 1.01. The molecule has 0 amide bonds. The first-order valence-corrected chi connectivity index (χ1v) is 6.19. The number of carbonyl (C=O) groups excluding carboxylic acids is 1. The maximum atomic E-state index is 11.8. The third-order valence-electron chi connectivity index (χ3n) is 2.52. The zero-order chi connectivity index (χ0) is 15.0. The number of aromatic hydroxyl groups is 1. The fraction of sp³-hybridized carbons (Fsp3) is 0.0714. The number of hydrogen-bond acceptors (Lipinski definition) is 5. The summed E-state index contributed by atoms with van der Waals surface area (Å²) in [6.07, 6.45) is 6.57. The molecule has 2 rings (SSSR count). The molecule has 103 valence electrons. The van der Waals surface area contributed by atoms with Gasteiger partial charge in [0.25, 0.3) is 0 Å². The number of nitrogens with one attached hydrogen (secondary N) is 1. The number of Topliss-reactive ketones (excluding diaryl/α,β-unsaturated/α-hetero) is 1. The van der Waals surface area contributed by atoms with Crippen molar-refractivity contribution in [2.45, 2.75) is 0 Å². The number of ether oxygens (including phenoxy) is 1. The van der Waals surface area contributed by atoms with Crippen LogP contribution in [0, 0.1) is 0 Å². The number of phenolic OH excluding ortho intramolecular Hbond substituents is 1. The normalized spacial score (nSPS) is 15.1. The molecule has 5 nitrogen and oxygen atoms in total. The van der Waals surface area contributed by atoms with Gasteiger partial charge in [0, 0.05) is 11.8 Å². The number of anilines is 1. The van der Waals surface area contributed by atoms with Crippen LogP contribution < -0.4 is 5.32 Å². The molecule has 0 aromatic heterocycles. The van der Waals surface area contributed by atoms with Crippen molar-refractivity contribution in [3.63, 3.8) is 0 Å². The quantitative estimate of drug-likeness (QED) is 0.661. The van der Waals surface area contributed by atoms with E-state index in [9.17, 15) is 9.90 Å². The summed E-state index contributed by atoms with van der Waals surface area (Å²) in [5, 5.41) is 12.5. The molecule has 0 spiro atoms. The average Bonchev–Trinajstić information content (AvgIpc) is 2.50. The monoisotopic (exact) mass is 310 g/mol. The summed E-state index contributed by atoms with van der Waals surface area (Å²) in [5.74, 6) is 0.231. The molecule has 0 radical (unpaired) electrons. The molecule has 0 saturated heterocycles. The fourth-order valence-electron chi connectivity index (χ4n) is 1.56. The molecule has 6 heteroatoms. The minimum atomic E-state index is -0.192. The Labute approximate surface area is 125 Å². The van der Waals surface area contributed by atoms with Gasteiger partial charge in [-0.25, -0.2) is 0 Å². The molecule has 0 unspecified atom stereocenters. The van der Waals surface area contributed by atoms with E-state index in [4.69, 9.17) is 8.41 Å². The maximum absolute atomic E-state index is 11.8. The molecular weight excluding hydrogens is 297 g/mol. The minimum absolute atomic E-state index is 0.129. The van der Waals surface area contributed by atoms with Gasteiger partial charge in [-0.3, -0.25) is 4.79 Å². The van der Waals surface area contributed by atoms with Gasteiger partial charge < -0.3 is 15.2 Å². The van der Waals surface area contributed by atoms with Crippen molar-refractivity contribution in [1.29, 1.82) is 0 Å². The third kappa shape index (κ3) is 3.95. The van der Waals surface area contributed by atoms with Crippen molar-refractivity contribution in [2.75, 3.05) is 12.4 Å². The summed E-state index contributed by atoms with van der Waals surface area (Å²) in [6, 6.07) is 6.81. The van der Waals surface area contributed by atoms with Crippen molar-refractivity contribution in [2.24, 2.45) is 0 Å². The number of benzene rings is 1. The Hall–Kier alpha value is -2.11. The van der Waals surface area contributed by atoms with Gasteiger partial charge in [0.15, 0.2) is 5.76 Å². The van der Waals surface area contributed by atoms with E-state index in [1.807, 2.05) is 0 Å². The topological polar surface area (TPSA) is 75.6 Å². The van der Waals surface area contributed by atoms with Crippen LogP contribution in [0.15, 0.2) is 60.0 Å². The first-order valence-electron chi connectivity index (χ1n) is 5.62. The molecular formula is C14H13NO4V. The van der Waals surface area contributed by atoms with Gasteiger partial charge in [0.05, 0.1) is 12.8 Å². The van der Waals surface area contributed by atoms with Gasteiger partial charge >= 0.3 is 21.0 Å². The van der Waals surface area contributed by atoms with Gasteiger partial charge in [-0.2, -0.15) is 0 Å². The Bertz CT molecular complexity index is 578. The van der Waals surface area contributed by atoms with Crippen molar-refractivity contribution < 1.29 is 35.7 Å². The Morgan fingerprint density at radius 3 is 2.65 bits per heavy atom. The molecule has 0 heterocycles. The number of methoxy groups -OCH3 is 1. The number of hydrogen-bond donors (Lipinski definition) is 2. The molecule has 0 aliphatic heterocycles. The summed E-state index contributed by atoms with van der Waals surface area (Å²) < 4.78 is 13.1. The van der Waals surface area contributed by atoms with Crippen LogP contribution in [0.2, 0.25) is 0 Å². The van der Waals surface area contributed by atoms with Gasteiger partial charge in [-0.15, -0.1) is 0 Å². The summed E-state index contributed by atoms with van der Waals surface area (Å²) in [4.78, 5) is 11.8. The van der Waals surface area contributed by atoms with Crippen LogP contribution in [-0.2, 0) is 30.6 Å². The second-order valence-electron chi connectivity index (χ2n) is 3.68. The van der Waals surface area contributed by atoms with Crippen LogP contribution in [0.5, 0.6) is 5.75 Å². The molecule has 1 aliphatic carbocycles. The van der Waals surface area contributed by atoms with E-state index in [-0.39, 0.29) is 11.5 Å². The van der Waals surface area contributed by atoms with Crippen LogP contribution in [0.4, 0.5) is 5.69 Å². The molecule has 1 aromatic carbocycles. The average molecular weight is 310 g/mol. The van der Waals surface area contributed by atoms with Gasteiger partial charge in [0.2, 0.25) is 5.78 Å². The SMILES string of the molecule is COC1=CC=CC(=CNc2ccccc2O)C1=O.[O]=[V]. The van der Waals surface area contributed by atoms with Crippen LogP contribution in [-0.4, -0.2) is 18.0 Å². The molecule has 2 N–H and O–H groups in total. The predicted molar refractivity (Wildman–Crippen MR) is 69.7 cm³/mol. The summed E-state index contributed by atoms with van der Waals surface area (Å²) in [7, 11) is 1.46. The van der Waals surface area contributed by atoms with E-state index < -0.39 is 0 Å². The summed E-state index contributed by atoms with van der Waals surface area (Å²) >= 11 is 1.06. The standard InChI is InChI=1S/C14H13NO3.O.V/c1-18-13-8-4-5-10(14(13)17)9-15-11-6-2-3-7-12(11)16;;/h2-9,15-16H,1H3;;. The zero-order valence-corrected chi connectivity index (χ0v) is 12.1. The number of allylic oxidation sites excluding steroid dienone is 4. The van der Waals surface area contributed by atoms with E-state index >= 15 is 0 Å². The molecule has 1 aromatic rings. The van der Waals surface area contributed by atoms with Crippen LogP contribution >= 0.6 is 0 Å². The molecule has 0 bridgehead atoms. The molecule has 0 fully saturated rings. The van der Waals surface area contributed by atoms with Crippen LogP contribution in [0.25, 0.3) is 0 Å². The van der Waals surface area contributed by atoms with Gasteiger partial charge in [0.1, 0.15) is 5.75 Å². The first-order chi connectivity index (χ1) is 9.72. The van der Waals surface area contributed by atoms with Crippen molar-refractivity contribution >= 4 is 11.5 Å². The number of ketones is 1. The Morgan fingerprint density at radius 1 is 1.30 bits per heavy atom. The molecule has 1 aliphatic rings. The Kier molecular flexibility index (Phi) is 6.49. The van der Waals surface area contributed by atoms with Crippen LogP contribution in [0.1, 0.15) is 0 Å². The van der Waals surface area contributed by atoms with Crippen molar-refractivity contribution in [3.05, 3.63) is 60.0 Å². The van der Waals surface area contributed by atoms with Gasteiger partial charge in [-0.1, -0.05) is 18.2 Å². The first kappa shape index (κ1) is 16.0. The van der Waals surface area contributed by atoms with E-state index in [1.165, 1.54) is 7.11 Å². The van der Waals surface area contributed by atoms with E-state index in [2.05, 4.69) is 5.32 Å². The predicted octanol–water partition coefficient (Wildman–Crippen LogP) is 2.24. The van der Waals surface area contributed by atoms with E-state index in [0.29, 0.717) is 17.0 Å². The van der Waals surface area contributed by atoms with Gasteiger partial charge in [-0.05, 0) is 24.3 Å². The molecule has 20 heavy (non-hydrogen) atoms. The molecule has 0 atom stereocenters. The second kappa shape index (κ2) is 8.14. The Morgan fingerprint density at radius 2 is 2.00 bits per heavy atom. The van der Waals surface area contributed by atoms with Crippen molar-refractivity contribution in [3.8, 4) is 5.75 Å².